The van der Waals surface area contributed by atoms with E-state index in [1.54, 1.807) is 25.1 Å². The summed E-state index contributed by atoms with van der Waals surface area (Å²) in [6.07, 6.45) is 0. The van der Waals surface area contributed by atoms with Crippen LogP contribution in [0.25, 0.3) is 0 Å². The zero-order valence-electron chi connectivity index (χ0n) is 9.57. The van der Waals surface area contributed by atoms with Crippen molar-refractivity contribution in [2.24, 2.45) is 5.73 Å². The van der Waals surface area contributed by atoms with Crippen LogP contribution >= 0.6 is 27.5 Å². The van der Waals surface area contributed by atoms with Crippen molar-refractivity contribution >= 4 is 45.1 Å². The van der Waals surface area contributed by atoms with Gasteiger partial charge in [-0.25, -0.2) is 4.79 Å². The predicted octanol–water partition coefficient (Wildman–Crippen LogP) is 1.93. The lowest BCUT2D eigenvalue weighted by molar-refractivity contribution is -0.146. The maximum Gasteiger partial charge on any atom is 0.332 e. The van der Waals surface area contributed by atoms with Crippen molar-refractivity contribution in [2.75, 3.05) is 11.9 Å². The molecule has 1 amide bonds. The van der Waals surface area contributed by atoms with Gasteiger partial charge >= 0.3 is 5.97 Å². The second kappa shape index (κ2) is 6.72. The molecule has 7 heteroatoms. The number of carbonyl (C=O) groups is 2. The molecule has 1 aromatic carbocycles. The van der Waals surface area contributed by atoms with Crippen LogP contribution in [0, 0.1) is 0 Å². The van der Waals surface area contributed by atoms with Crippen LogP contribution in [0.3, 0.4) is 0 Å². The normalized spacial score (nSPS) is 11.8. The van der Waals surface area contributed by atoms with Crippen LogP contribution in [0.4, 0.5) is 5.69 Å². The van der Waals surface area contributed by atoms with Crippen LogP contribution in [0.1, 0.15) is 6.92 Å². The lowest BCUT2D eigenvalue weighted by Crippen LogP contribution is -2.43. The monoisotopic (exact) mass is 334 g/mol. The number of esters is 1. The molecule has 1 aromatic rings. The minimum absolute atomic E-state index is 0.166. The molecule has 0 spiro atoms. The molecule has 0 saturated carbocycles. The van der Waals surface area contributed by atoms with Crippen molar-refractivity contribution in [3.8, 4) is 0 Å². The lowest BCUT2D eigenvalue weighted by Gasteiger charge is -2.12. The van der Waals surface area contributed by atoms with E-state index in [4.69, 9.17) is 17.3 Å². The number of ether oxygens (including phenoxy) is 1. The van der Waals surface area contributed by atoms with Gasteiger partial charge in [-0.3, -0.25) is 4.79 Å². The highest BCUT2D eigenvalue weighted by Gasteiger charge is 2.23. The molecule has 0 aromatic heterocycles. The van der Waals surface area contributed by atoms with Crippen LogP contribution in [0.2, 0.25) is 5.02 Å². The molecule has 0 aliphatic carbocycles. The predicted molar refractivity (Wildman–Crippen MR) is 72.4 cm³/mol. The second-order valence-electron chi connectivity index (χ2n) is 3.34. The summed E-state index contributed by atoms with van der Waals surface area (Å²) in [5.74, 6) is -1.44. The average molecular weight is 336 g/mol. The van der Waals surface area contributed by atoms with Crippen molar-refractivity contribution in [3.63, 3.8) is 0 Å². The largest absolute Gasteiger partial charge is 0.464 e. The molecular weight excluding hydrogens is 323 g/mol. The third-order valence-corrected chi connectivity index (χ3v) is 2.82. The minimum Gasteiger partial charge on any atom is -0.464 e. The summed E-state index contributed by atoms with van der Waals surface area (Å²) in [6, 6.07) is 3.55. The van der Waals surface area contributed by atoms with Gasteiger partial charge in [-0.05, 0) is 25.1 Å². The Kier molecular flexibility index (Phi) is 5.58. The summed E-state index contributed by atoms with van der Waals surface area (Å²) in [7, 11) is 0. The molecule has 0 heterocycles. The first kappa shape index (κ1) is 14.9. The number of hydrogen-bond donors (Lipinski definition) is 2. The Bertz CT molecular complexity index is 468. The Balaban J connectivity index is 2.72. The highest BCUT2D eigenvalue weighted by molar-refractivity contribution is 9.10. The molecule has 0 aliphatic heterocycles. The summed E-state index contributed by atoms with van der Waals surface area (Å²) in [5.41, 5.74) is 5.81. The van der Waals surface area contributed by atoms with Gasteiger partial charge in [0.15, 0.2) is 6.04 Å². The summed E-state index contributed by atoms with van der Waals surface area (Å²) in [6.45, 7) is 1.80. The Morgan fingerprint density at radius 3 is 2.78 bits per heavy atom. The number of hydrogen-bond acceptors (Lipinski definition) is 4. The molecule has 1 rings (SSSR count). The smallest absolute Gasteiger partial charge is 0.332 e. The van der Waals surface area contributed by atoms with E-state index in [1.165, 1.54) is 0 Å². The van der Waals surface area contributed by atoms with Gasteiger partial charge in [0.1, 0.15) is 0 Å². The number of nitrogens with two attached hydrogens (primary N) is 1. The first-order valence-electron chi connectivity index (χ1n) is 5.13. The van der Waals surface area contributed by atoms with Crippen LogP contribution in [0.5, 0.6) is 0 Å². The fourth-order valence-electron chi connectivity index (χ4n) is 1.14. The topological polar surface area (TPSA) is 81.4 Å². The first-order valence-corrected chi connectivity index (χ1v) is 6.31. The Morgan fingerprint density at radius 2 is 2.22 bits per heavy atom. The van der Waals surface area contributed by atoms with Gasteiger partial charge < -0.3 is 15.8 Å². The van der Waals surface area contributed by atoms with E-state index in [2.05, 4.69) is 26.0 Å². The average Bonchev–Trinajstić information content (AvgIpc) is 2.32. The number of amides is 1. The number of halogens is 2. The van der Waals surface area contributed by atoms with E-state index >= 15 is 0 Å². The van der Waals surface area contributed by atoms with Gasteiger partial charge in [0.2, 0.25) is 0 Å². The third kappa shape index (κ3) is 3.97. The van der Waals surface area contributed by atoms with E-state index < -0.39 is 17.9 Å². The van der Waals surface area contributed by atoms with Gasteiger partial charge in [-0.15, -0.1) is 0 Å². The number of anilines is 1. The molecule has 3 N–H and O–H groups in total. The molecule has 1 unspecified atom stereocenters. The van der Waals surface area contributed by atoms with Gasteiger partial charge in [0.25, 0.3) is 5.91 Å². The van der Waals surface area contributed by atoms with E-state index in [0.29, 0.717) is 10.7 Å². The highest BCUT2D eigenvalue weighted by atomic mass is 79.9. The summed E-state index contributed by atoms with van der Waals surface area (Å²) < 4.78 is 5.42. The standard InChI is InChI=1S/C11H12BrClN2O3/c1-2-18-11(17)9(14)10(16)15-8-4-3-6(12)5-7(8)13/h3-5,9H,2,14H2,1H3,(H,15,16). The van der Waals surface area contributed by atoms with E-state index in [0.717, 1.165) is 4.47 Å². The SMILES string of the molecule is CCOC(=O)C(N)C(=O)Nc1ccc(Br)cc1Cl. The number of rotatable bonds is 4. The van der Waals surface area contributed by atoms with Gasteiger partial charge in [0, 0.05) is 4.47 Å². The van der Waals surface area contributed by atoms with Crippen LogP contribution < -0.4 is 11.1 Å². The van der Waals surface area contributed by atoms with Crippen molar-refractivity contribution in [1.82, 2.24) is 0 Å². The zero-order chi connectivity index (χ0) is 13.7. The second-order valence-corrected chi connectivity index (χ2v) is 4.67. The van der Waals surface area contributed by atoms with E-state index in [-0.39, 0.29) is 6.61 Å². The molecule has 0 saturated heterocycles. The maximum atomic E-state index is 11.7. The van der Waals surface area contributed by atoms with Crippen LogP contribution in [-0.4, -0.2) is 24.5 Å². The Morgan fingerprint density at radius 1 is 1.56 bits per heavy atom. The summed E-state index contributed by atoms with van der Waals surface area (Å²) >= 11 is 9.16. The van der Waals surface area contributed by atoms with Gasteiger partial charge in [0.05, 0.1) is 17.3 Å². The number of carbonyl (C=O) groups excluding carboxylic acids is 2. The van der Waals surface area contributed by atoms with Gasteiger partial charge in [-0.2, -0.15) is 0 Å². The molecule has 18 heavy (non-hydrogen) atoms. The zero-order valence-corrected chi connectivity index (χ0v) is 11.9. The summed E-state index contributed by atoms with van der Waals surface area (Å²) in [5, 5.41) is 2.80. The van der Waals surface area contributed by atoms with Gasteiger partial charge in [-0.1, -0.05) is 27.5 Å². The highest BCUT2D eigenvalue weighted by Crippen LogP contribution is 2.25. The molecule has 98 valence electrons. The van der Waals surface area contributed by atoms with Crippen molar-refractivity contribution in [1.29, 1.82) is 0 Å². The van der Waals surface area contributed by atoms with E-state index in [9.17, 15) is 9.59 Å². The molecule has 0 aliphatic rings. The van der Waals surface area contributed by atoms with Crippen LogP contribution in [-0.2, 0) is 14.3 Å². The molecular formula is C11H12BrClN2O3. The van der Waals surface area contributed by atoms with E-state index in [1.807, 2.05) is 0 Å². The maximum absolute atomic E-state index is 11.7. The number of benzene rings is 1. The first-order chi connectivity index (χ1) is 8.45. The molecule has 0 radical (unpaired) electrons. The van der Waals surface area contributed by atoms with Crippen molar-refractivity contribution < 1.29 is 14.3 Å². The van der Waals surface area contributed by atoms with Crippen LogP contribution in [0.15, 0.2) is 22.7 Å². The Hall–Kier alpha value is -1.11. The summed E-state index contributed by atoms with van der Waals surface area (Å²) in [4.78, 5) is 22.9. The Labute approximate surface area is 118 Å². The minimum atomic E-state index is -1.37. The third-order valence-electron chi connectivity index (χ3n) is 2.01. The fourth-order valence-corrected chi connectivity index (χ4v) is 1.86. The van der Waals surface area contributed by atoms with Crippen molar-refractivity contribution in [3.05, 3.63) is 27.7 Å². The molecule has 1 atom stereocenters. The number of nitrogens with one attached hydrogen (secondary N) is 1. The molecule has 5 nitrogen and oxygen atoms in total. The quantitative estimate of drug-likeness (QED) is 0.651. The molecule has 0 bridgehead atoms. The van der Waals surface area contributed by atoms with Crippen molar-refractivity contribution in [2.45, 2.75) is 13.0 Å². The lowest BCUT2D eigenvalue weighted by atomic mass is 10.2. The fraction of sp³-hybridized carbons (Fsp3) is 0.273. The molecule has 0 fully saturated rings.